The van der Waals surface area contributed by atoms with Gasteiger partial charge in [-0.2, -0.15) is 5.10 Å². The van der Waals surface area contributed by atoms with Crippen molar-refractivity contribution < 1.29 is 4.39 Å². The summed E-state index contributed by atoms with van der Waals surface area (Å²) in [5, 5.41) is 7.11. The molecule has 0 aliphatic carbocycles. The number of benzene rings is 1. The van der Waals surface area contributed by atoms with Crippen LogP contribution in [-0.2, 0) is 0 Å². The molecule has 0 bridgehead atoms. The van der Waals surface area contributed by atoms with Crippen molar-refractivity contribution in [1.29, 1.82) is 0 Å². The van der Waals surface area contributed by atoms with E-state index in [1.54, 1.807) is 13.0 Å². The van der Waals surface area contributed by atoms with Crippen LogP contribution in [0, 0.1) is 12.7 Å². The van der Waals surface area contributed by atoms with Gasteiger partial charge in [-0.25, -0.2) is 4.39 Å². The number of anilines is 1. The number of nitrogens with zero attached hydrogens (tertiary/aromatic N) is 1. The number of nitrogen functional groups attached to an aromatic ring is 1. The molecule has 3 N–H and O–H groups in total. The van der Waals surface area contributed by atoms with Crippen molar-refractivity contribution in [3.8, 4) is 0 Å². The summed E-state index contributed by atoms with van der Waals surface area (Å²) >= 11 is 0. The monoisotopic (exact) mass is 165 g/mol. The van der Waals surface area contributed by atoms with Gasteiger partial charge in [-0.05, 0) is 19.1 Å². The third-order valence-electron chi connectivity index (χ3n) is 1.81. The van der Waals surface area contributed by atoms with Crippen molar-refractivity contribution in [3.05, 3.63) is 23.6 Å². The number of aryl methyl sites for hydroxylation is 1. The van der Waals surface area contributed by atoms with Crippen LogP contribution in [0.1, 0.15) is 5.69 Å². The summed E-state index contributed by atoms with van der Waals surface area (Å²) in [6.07, 6.45) is 0. The Kier molecular flexibility index (Phi) is 1.30. The number of fused-ring (bicyclic) bond motifs is 1. The first-order valence-electron chi connectivity index (χ1n) is 3.58. The van der Waals surface area contributed by atoms with Gasteiger partial charge in [0.1, 0.15) is 5.82 Å². The second kappa shape index (κ2) is 2.20. The molecule has 12 heavy (non-hydrogen) atoms. The Morgan fingerprint density at radius 1 is 1.50 bits per heavy atom. The zero-order chi connectivity index (χ0) is 8.72. The molecule has 2 rings (SSSR count). The molecule has 1 aromatic heterocycles. The number of H-pyrrole nitrogens is 1. The molecule has 4 heteroatoms. The van der Waals surface area contributed by atoms with Crippen molar-refractivity contribution in [2.75, 3.05) is 5.73 Å². The molecule has 1 heterocycles. The number of nitrogens with two attached hydrogens (primary N) is 1. The molecule has 0 unspecified atom stereocenters. The van der Waals surface area contributed by atoms with E-state index in [2.05, 4.69) is 10.2 Å². The number of halogens is 1. The highest BCUT2D eigenvalue weighted by molar-refractivity contribution is 5.84. The first-order chi connectivity index (χ1) is 5.68. The van der Waals surface area contributed by atoms with Crippen LogP contribution < -0.4 is 5.73 Å². The van der Waals surface area contributed by atoms with Gasteiger partial charge >= 0.3 is 0 Å². The molecule has 0 spiro atoms. The van der Waals surface area contributed by atoms with Gasteiger partial charge in [0.05, 0.1) is 10.9 Å². The summed E-state index contributed by atoms with van der Waals surface area (Å²) in [7, 11) is 0. The Morgan fingerprint density at radius 3 is 3.00 bits per heavy atom. The SMILES string of the molecule is Cc1[nH]nc2cc(N)cc(F)c12. The van der Waals surface area contributed by atoms with E-state index < -0.39 is 0 Å². The molecule has 62 valence electrons. The van der Waals surface area contributed by atoms with Gasteiger partial charge in [-0.3, -0.25) is 5.10 Å². The molecule has 0 saturated carbocycles. The Hall–Kier alpha value is -1.58. The van der Waals surface area contributed by atoms with Gasteiger partial charge in [0.15, 0.2) is 0 Å². The highest BCUT2D eigenvalue weighted by Crippen LogP contribution is 2.21. The second-order valence-electron chi connectivity index (χ2n) is 2.75. The minimum Gasteiger partial charge on any atom is -0.399 e. The summed E-state index contributed by atoms with van der Waals surface area (Å²) in [4.78, 5) is 0. The molecule has 1 aromatic carbocycles. The Bertz CT molecular complexity index is 433. The molecule has 0 aliphatic rings. The average Bonchev–Trinajstić information content (AvgIpc) is 2.31. The van der Waals surface area contributed by atoms with Crippen LogP contribution in [0.5, 0.6) is 0 Å². The van der Waals surface area contributed by atoms with Crippen LogP contribution in [0.2, 0.25) is 0 Å². The van der Waals surface area contributed by atoms with Crippen molar-refractivity contribution in [2.45, 2.75) is 6.92 Å². The molecule has 3 nitrogen and oxygen atoms in total. The number of rotatable bonds is 0. The molecule has 0 saturated heterocycles. The Labute approximate surface area is 68.4 Å². The quantitative estimate of drug-likeness (QED) is 0.582. The van der Waals surface area contributed by atoms with Crippen molar-refractivity contribution >= 4 is 16.6 Å². The standard InChI is InChI=1S/C8H8FN3/c1-4-8-6(9)2-5(10)3-7(8)12-11-4/h2-3H,10H2,1H3,(H,11,12). The molecule has 2 aromatic rings. The zero-order valence-electron chi connectivity index (χ0n) is 6.56. The molecule has 0 fully saturated rings. The van der Waals surface area contributed by atoms with E-state index in [1.807, 2.05) is 0 Å². The van der Waals surface area contributed by atoms with Crippen molar-refractivity contribution in [1.82, 2.24) is 10.2 Å². The highest BCUT2D eigenvalue weighted by atomic mass is 19.1. The smallest absolute Gasteiger partial charge is 0.136 e. The van der Waals surface area contributed by atoms with Crippen LogP contribution >= 0.6 is 0 Å². The van der Waals surface area contributed by atoms with Crippen LogP contribution in [-0.4, -0.2) is 10.2 Å². The summed E-state index contributed by atoms with van der Waals surface area (Å²) < 4.78 is 13.2. The average molecular weight is 165 g/mol. The normalized spacial score (nSPS) is 10.8. The van der Waals surface area contributed by atoms with Gasteiger partial charge in [0, 0.05) is 11.4 Å². The molecule has 0 amide bonds. The summed E-state index contributed by atoms with van der Waals surface area (Å²) in [5.74, 6) is -0.323. The van der Waals surface area contributed by atoms with E-state index in [1.165, 1.54) is 6.07 Å². The van der Waals surface area contributed by atoms with Crippen molar-refractivity contribution in [2.24, 2.45) is 0 Å². The predicted molar refractivity (Wildman–Crippen MR) is 45.2 cm³/mol. The van der Waals surface area contributed by atoms with Gasteiger partial charge in [0.25, 0.3) is 0 Å². The maximum Gasteiger partial charge on any atom is 0.136 e. The van der Waals surface area contributed by atoms with E-state index in [0.717, 1.165) is 5.69 Å². The molecular weight excluding hydrogens is 157 g/mol. The molecule has 0 atom stereocenters. The topological polar surface area (TPSA) is 54.7 Å². The third-order valence-corrected chi connectivity index (χ3v) is 1.81. The molecule has 0 aliphatic heterocycles. The fourth-order valence-electron chi connectivity index (χ4n) is 1.27. The van der Waals surface area contributed by atoms with E-state index in [-0.39, 0.29) is 5.82 Å². The number of aromatic amines is 1. The van der Waals surface area contributed by atoms with Crippen LogP contribution in [0.4, 0.5) is 10.1 Å². The predicted octanol–water partition coefficient (Wildman–Crippen LogP) is 1.59. The summed E-state index contributed by atoms with van der Waals surface area (Å²) in [6.45, 7) is 1.77. The van der Waals surface area contributed by atoms with Crippen LogP contribution in [0.15, 0.2) is 12.1 Å². The summed E-state index contributed by atoms with van der Waals surface area (Å²) in [5.41, 5.74) is 7.13. The first-order valence-corrected chi connectivity index (χ1v) is 3.58. The number of hydrogen-bond acceptors (Lipinski definition) is 2. The van der Waals surface area contributed by atoms with E-state index in [0.29, 0.717) is 16.6 Å². The molecule has 0 radical (unpaired) electrons. The Balaban J connectivity index is 2.93. The van der Waals surface area contributed by atoms with E-state index in [9.17, 15) is 4.39 Å². The number of nitrogens with one attached hydrogen (secondary N) is 1. The third kappa shape index (κ3) is 0.845. The minimum atomic E-state index is -0.323. The maximum absolute atomic E-state index is 13.2. The summed E-state index contributed by atoms with van der Waals surface area (Å²) in [6, 6.07) is 2.94. The zero-order valence-corrected chi connectivity index (χ0v) is 6.56. The first kappa shape index (κ1) is 7.09. The van der Waals surface area contributed by atoms with Gasteiger partial charge in [-0.1, -0.05) is 0 Å². The lowest BCUT2D eigenvalue weighted by Crippen LogP contribution is -1.87. The van der Waals surface area contributed by atoms with Crippen molar-refractivity contribution in [3.63, 3.8) is 0 Å². The Morgan fingerprint density at radius 2 is 2.25 bits per heavy atom. The van der Waals surface area contributed by atoms with Crippen LogP contribution in [0.3, 0.4) is 0 Å². The fraction of sp³-hybridized carbons (Fsp3) is 0.125. The molecular formula is C8H8FN3. The lowest BCUT2D eigenvalue weighted by atomic mass is 10.2. The van der Waals surface area contributed by atoms with E-state index >= 15 is 0 Å². The lowest BCUT2D eigenvalue weighted by Gasteiger charge is -1.94. The number of aromatic nitrogens is 2. The van der Waals surface area contributed by atoms with Gasteiger partial charge in [-0.15, -0.1) is 0 Å². The van der Waals surface area contributed by atoms with E-state index in [4.69, 9.17) is 5.73 Å². The van der Waals surface area contributed by atoms with Gasteiger partial charge in [0.2, 0.25) is 0 Å². The number of hydrogen-bond donors (Lipinski definition) is 2. The fourth-order valence-corrected chi connectivity index (χ4v) is 1.27. The highest BCUT2D eigenvalue weighted by Gasteiger charge is 2.07. The largest absolute Gasteiger partial charge is 0.399 e. The lowest BCUT2D eigenvalue weighted by molar-refractivity contribution is 0.640. The van der Waals surface area contributed by atoms with Crippen LogP contribution in [0.25, 0.3) is 10.9 Å². The second-order valence-corrected chi connectivity index (χ2v) is 2.75. The maximum atomic E-state index is 13.2. The minimum absolute atomic E-state index is 0.323. The van der Waals surface area contributed by atoms with Gasteiger partial charge < -0.3 is 5.73 Å².